The molecule has 3 saturated carbocycles. The summed E-state index contributed by atoms with van der Waals surface area (Å²) in [6, 6.07) is 0.574. The second-order valence-electron chi connectivity index (χ2n) is 12.3. The highest BCUT2D eigenvalue weighted by Gasteiger charge is 2.52. The minimum Gasteiger partial charge on any atom is -0.341 e. The molecule has 0 amide bonds. The Hall–Kier alpha value is -1.28. The van der Waals surface area contributed by atoms with E-state index in [1.54, 1.807) is 17.0 Å². The Kier molecular flexibility index (Phi) is 5.06. The number of dihydropyridines is 1. The number of hydrogen-bond acceptors (Lipinski definition) is 2. The molecular formula is C29H39ClN2. The average molecular weight is 451 g/mol. The zero-order chi connectivity index (χ0) is 20.6. The Morgan fingerprint density at radius 1 is 1.03 bits per heavy atom. The number of halogens is 1. The summed E-state index contributed by atoms with van der Waals surface area (Å²) < 4.78 is 0. The van der Waals surface area contributed by atoms with Crippen LogP contribution in [-0.2, 0) is 0 Å². The molecule has 2 bridgehead atoms. The first-order valence-corrected chi connectivity index (χ1v) is 13.2. The largest absolute Gasteiger partial charge is 0.341 e. The van der Waals surface area contributed by atoms with Gasteiger partial charge in [-0.1, -0.05) is 25.2 Å². The molecule has 0 N–H and O–H groups in total. The number of fused-ring (bicyclic) bond motifs is 8. The molecule has 8 rings (SSSR count). The minimum atomic E-state index is 0. The van der Waals surface area contributed by atoms with Gasteiger partial charge in [0.25, 0.3) is 0 Å². The van der Waals surface area contributed by atoms with Crippen molar-refractivity contribution in [2.75, 3.05) is 6.54 Å². The summed E-state index contributed by atoms with van der Waals surface area (Å²) in [6.07, 6.45) is 28.9. The van der Waals surface area contributed by atoms with Crippen LogP contribution in [0.4, 0.5) is 0 Å². The first kappa shape index (κ1) is 21.3. The zero-order valence-electron chi connectivity index (χ0n) is 19.7. The lowest BCUT2D eigenvalue weighted by Crippen LogP contribution is -2.41. The van der Waals surface area contributed by atoms with Gasteiger partial charge >= 0.3 is 0 Å². The molecule has 172 valence electrons. The summed E-state index contributed by atoms with van der Waals surface area (Å²) in [7, 11) is 0. The van der Waals surface area contributed by atoms with E-state index in [0.717, 1.165) is 18.4 Å². The van der Waals surface area contributed by atoms with Crippen LogP contribution >= 0.6 is 12.4 Å². The van der Waals surface area contributed by atoms with Crippen molar-refractivity contribution >= 4 is 18.6 Å². The molecule has 4 atom stereocenters. The van der Waals surface area contributed by atoms with Gasteiger partial charge in [-0.15, -0.1) is 12.4 Å². The second kappa shape index (κ2) is 7.62. The highest BCUT2D eigenvalue weighted by molar-refractivity contribution is 5.85. The van der Waals surface area contributed by atoms with Crippen LogP contribution in [0.5, 0.6) is 0 Å². The quantitative estimate of drug-likeness (QED) is 0.428. The Bertz CT molecular complexity index is 926. The van der Waals surface area contributed by atoms with Gasteiger partial charge < -0.3 is 4.90 Å². The van der Waals surface area contributed by atoms with E-state index in [9.17, 15) is 0 Å². The van der Waals surface area contributed by atoms with Crippen LogP contribution in [0.1, 0.15) is 84.0 Å². The molecule has 4 fully saturated rings. The van der Waals surface area contributed by atoms with Gasteiger partial charge in [0.2, 0.25) is 0 Å². The first-order valence-electron chi connectivity index (χ1n) is 13.2. The third-order valence-electron chi connectivity index (χ3n) is 10.7. The zero-order valence-corrected chi connectivity index (χ0v) is 20.5. The van der Waals surface area contributed by atoms with Crippen LogP contribution in [0, 0.1) is 28.6 Å². The topological polar surface area (TPSA) is 15.6 Å². The van der Waals surface area contributed by atoms with E-state index in [4.69, 9.17) is 4.99 Å². The molecule has 0 aromatic heterocycles. The van der Waals surface area contributed by atoms with E-state index in [0.29, 0.717) is 22.8 Å². The van der Waals surface area contributed by atoms with Gasteiger partial charge in [0.05, 0.1) is 6.04 Å². The van der Waals surface area contributed by atoms with Gasteiger partial charge in [-0.2, -0.15) is 0 Å². The maximum absolute atomic E-state index is 4.72. The summed E-state index contributed by atoms with van der Waals surface area (Å²) in [6.45, 7) is 3.57. The lowest BCUT2D eigenvalue weighted by atomic mass is 9.52. The van der Waals surface area contributed by atoms with Crippen molar-refractivity contribution in [3.8, 4) is 0 Å². The average Bonchev–Trinajstić information content (AvgIpc) is 3.03. The van der Waals surface area contributed by atoms with Crippen LogP contribution in [0.15, 0.2) is 51.8 Å². The molecule has 2 nitrogen and oxygen atoms in total. The predicted octanol–water partition coefficient (Wildman–Crippen LogP) is 7.39. The molecule has 3 heteroatoms. The van der Waals surface area contributed by atoms with E-state index < -0.39 is 0 Å². The molecule has 32 heavy (non-hydrogen) atoms. The number of nitrogens with zero attached hydrogens (tertiary/aromatic N) is 2. The normalized spacial score (nSPS) is 43.6. The van der Waals surface area contributed by atoms with Crippen LogP contribution < -0.4 is 0 Å². The predicted molar refractivity (Wildman–Crippen MR) is 135 cm³/mol. The smallest absolute Gasteiger partial charge is 0.0585 e. The van der Waals surface area contributed by atoms with Gasteiger partial charge in [0.1, 0.15) is 0 Å². The van der Waals surface area contributed by atoms with E-state index in [1.807, 2.05) is 5.57 Å². The molecule has 5 aliphatic carbocycles. The van der Waals surface area contributed by atoms with Crippen molar-refractivity contribution < 1.29 is 0 Å². The summed E-state index contributed by atoms with van der Waals surface area (Å²) in [5, 5.41) is 0. The SMILES string of the molecule is CC12CCC(CC3CC[C@H]4C5=C3CC=C3C=CCCC3N5C3=CC=NC[C@@H]34)(CC1)CC2.Cl. The lowest BCUT2D eigenvalue weighted by Gasteiger charge is -2.54. The highest BCUT2D eigenvalue weighted by atomic mass is 35.5. The maximum Gasteiger partial charge on any atom is 0.0585 e. The van der Waals surface area contributed by atoms with E-state index in [1.165, 1.54) is 77.0 Å². The highest BCUT2D eigenvalue weighted by Crippen LogP contribution is 2.62. The van der Waals surface area contributed by atoms with Crippen molar-refractivity contribution in [1.29, 1.82) is 0 Å². The van der Waals surface area contributed by atoms with Crippen LogP contribution in [0.3, 0.4) is 0 Å². The lowest BCUT2D eigenvalue weighted by molar-refractivity contribution is -0.0124. The van der Waals surface area contributed by atoms with Crippen LogP contribution in [-0.4, -0.2) is 23.7 Å². The minimum absolute atomic E-state index is 0. The van der Waals surface area contributed by atoms with Crippen molar-refractivity contribution in [2.24, 2.45) is 33.6 Å². The monoisotopic (exact) mass is 450 g/mol. The number of aliphatic imine (C=N–C) groups is 1. The van der Waals surface area contributed by atoms with E-state index in [2.05, 4.69) is 42.3 Å². The van der Waals surface area contributed by atoms with Gasteiger partial charge in [-0.3, -0.25) is 4.99 Å². The van der Waals surface area contributed by atoms with Crippen molar-refractivity contribution in [2.45, 2.75) is 90.0 Å². The van der Waals surface area contributed by atoms with Crippen LogP contribution in [0.25, 0.3) is 0 Å². The molecule has 3 aliphatic heterocycles. The Labute approximate surface area is 200 Å². The molecule has 0 radical (unpaired) electrons. The third-order valence-corrected chi connectivity index (χ3v) is 10.7. The van der Waals surface area contributed by atoms with Crippen molar-refractivity contribution in [3.63, 3.8) is 0 Å². The van der Waals surface area contributed by atoms with Crippen molar-refractivity contribution in [3.05, 3.63) is 46.8 Å². The summed E-state index contributed by atoms with van der Waals surface area (Å²) in [5.41, 5.74) is 8.15. The Morgan fingerprint density at radius 3 is 2.66 bits per heavy atom. The Balaban J connectivity index is 0.00000196. The fraction of sp³-hybridized carbons (Fsp3) is 0.690. The van der Waals surface area contributed by atoms with Gasteiger partial charge in [-0.05, 0) is 111 Å². The number of allylic oxidation sites excluding steroid dienone is 5. The van der Waals surface area contributed by atoms with Gasteiger partial charge in [0, 0.05) is 36.0 Å². The first-order chi connectivity index (χ1) is 15.1. The van der Waals surface area contributed by atoms with Gasteiger partial charge in [0.15, 0.2) is 0 Å². The fourth-order valence-corrected chi connectivity index (χ4v) is 8.70. The summed E-state index contributed by atoms with van der Waals surface area (Å²) in [4.78, 5) is 7.58. The Morgan fingerprint density at radius 2 is 1.84 bits per heavy atom. The van der Waals surface area contributed by atoms with Crippen LogP contribution in [0.2, 0.25) is 0 Å². The molecule has 8 aliphatic rings. The molecule has 0 spiro atoms. The number of hydrogen-bond donors (Lipinski definition) is 0. The molecule has 0 aromatic carbocycles. The summed E-state index contributed by atoms with van der Waals surface area (Å²) in [5.74, 6) is 2.19. The molecule has 1 saturated heterocycles. The standard InChI is InChI=1S/C29H38N2.ClH/c1-28-11-14-29(15-12-28,16-13-28)18-21-7-9-23-24-19-30-17-10-26(24)31-25-5-3-2-4-20(25)6-8-22(21)27(23)31;/h2,4,6,10,17,21,23-25H,3,5,7-9,11-16,18-19H2,1H3;1H/t21?,23-,24-,25?,28?,29?;/m1./s1. The van der Waals surface area contributed by atoms with Crippen molar-refractivity contribution in [1.82, 2.24) is 4.90 Å². The molecular weight excluding hydrogens is 412 g/mol. The van der Waals surface area contributed by atoms with E-state index >= 15 is 0 Å². The molecule has 3 heterocycles. The number of rotatable bonds is 2. The maximum atomic E-state index is 4.72. The fourth-order valence-electron chi connectivity index (χ4n) is 8.70. The summed E-state index contributed by atoms with van der Waals surface area (Å²) >= 11 is 0. The van der Waals surface area contributed by atoms with E-state index in [-0.39, 0.29) is 12.4 Å². The van der Waals surface area contributed by atoms with Gasteiger partial charge in [-0.25, -0.2) is 0 Å². The molecule has 0 aromatic rings. The second-order valence-corrected chi connectivity index (χ2v) is 12.3. The third kappa shape index (κ3) is 3.07. The molecule has 2 unspecified atom stereocenters.